The van der Waals surface area contributed by atoms with Gasteiger partial charge in [-0.05, 0) is 42.5 Å². The fraction of sp³-hybridized carbons (Fsp3) is 0.400. The Hall–Kier alpha value is -2.23. The second-order valence-electron chi connectivity index (χ2n) is 6.29. The van der Waals surface area contributed by atoms with Crippen molar-refractivity contribution in [3.63, 3.8) is 0 Å². The first-order valence-electron chi connectivity index (χ1n) is 8.64. The van der Waals surface area contributed by atoms with E-state index in [0.717, 1.165) is 0 Å². The molecule has 0 saturated heterocycles. The third kappa shape index (κ3) is 3.81. The number of hydrogen-bond donors (Lipinski definition) is 0. The van der Waals surface area contributed by atoms with Gasteiger partial charge in [-0.3, -0.25) is 4.79 Å². The number of hydrogen-bond acceptors (Lipinski definition) is 3. The largest absolute Gasteiger partial charge is 0.436 e. The molecule has 3 nitrogen and oxygen atoms in total. The highest BCUT2D eigenvalue weighted by atomic mass is 19.1. The summed E-state index contributed by atoms with van der Waals surface area (Å²) in [6, 6.07) is 9.01. The van der Waals surface area contributed by atoms with E-state index in [2.05, 4.69) is 17.1 Å². The molecular formula is C20H22FNO2. The summed E-state index contributed by atoms with van der Waals surface area (Å²) in [5.41, 5.74) is 1.59. The van der Waals surface area contributed by atoms with E-state index < -0.39 is 5.82 Å². The van der Waals surface area contributed by atoms with Crippen molar-refractivity contribution >= 4 is 5.78 Å². The number of halogens is 1. The van der Waals surface area contributed by atoms with E-state index >= 15 is 0 Å². The van der Waals surface area contributed by atoms with E-state index in [1.165, 1.54) is 49.9 Å². The Bertz CT molecular complexity index is 706. The van der Waals surface area contributed by atoms with Crippen LogP contribution in [0.5, 0.6) is 11.6 Å². The SMILES string of the molecule is CCC(=O)c1cnc(Oc2ccc(C3CCCCC3)cc2)c(F)c1. The molecule has 2 aromatic rings. The van der Waals surface area contributed by atoms with Crippen LogP contribution in [-0.2, 0) is 0 Å². The summed E-state index contributed by atoms with van der Waals surface area (Å²) < 4.78 is 19.6. The molecule has 126 valence electrons. The Morgan fingerprint density at radius 3 is 2.54 bits per heavy atom. The van der Waals surface area contributed by atoms with Crippen molar-refractivity contribution in [2.24, 2.45) is 0 Å². The highest BCUT2D eigenvalue weighted by Gasteiger charge is 2.16. The Morgan fingerprint density at radius 2 is 1.92 bits per heavy atom. The Labute approximate surface area is 141 Å². The lowest BCUT2D eigenvalue weighted by Crippen LogP contribution is -2.04. The first-order chi connectivity index (χ1) is 11.7. The number of ether oxygens (including phenoxy) is 1. The second kappa shape index (κ2) is 7.56. The van der Waals surface area contributed by atoms with Crippen LogP contribution in [0.15, 0.2) is 36.5 Å². The predicted octanol–water partition coefficient (Wildman–Crippen LogP) is 5.65. The van der Waals surface area contributed by atoms with Gasteiger partial charge < -0.3 is 4.74 Å². The van der Waals surface area contributed by atoms with Gasteiger partial charge in [-0.2, -0.15) is 0 Å². The molecule has 1 aliphatic carbocycles. The lowest BCUT2D eigenvalue weighted by atomic mass is 9.84. The summed E-state index contributed by atoms with van der Waals surface area (Å²) in [7, 11) is 0. The van der Waals surface area contributed by atoms with Crippen LogP contribution in [0.4, 0.5) is 4.39 Å². The fourth-order valence-electron chi connectivity index (χ4n) is 3.21. The summed E-state index contributed by atoms with van der Waals surface area (Å²) in [6.07, 6.45) is 8.08. The normalized spacial score (nSPS) is 15.2. The van der Waals surface area contributed by atoms with Crippen molar-refractivity contribution in [3.8, 4) is 11.6 Å². The van der Waals surface area contributed by atoms with Crippen LogP contribution < -0.4 is 4.74 Å². The monoisotopic (exact) mass is 327 g/mol. The van der Waals surface area contributed by atoms with E-state index in [1.54, 1.807) is 6.92 Å². The maximum absolute atomic E-state index is 14.1. The molecule has 4 heteroatoms. The molecule has 1 aliphatic rings. The number of nitrogens with zero attached hydrogens (tertiary/aromatic N) is 1. The molecule has 1 fully saturated rings. The van der Waals surface area contributed by atoms with Crippen LogP contribution in [0, 0.1) is 5.82 Å². The van der Waals surface area contributed by atoms with E-state index in [4.69, 9.17) is 4.74 Å². The van der Waals surface area contributed by atoms with Gasteiger partial charge in [0.2, 0.25) is 0 Å². The Balaban J connectivity index is 1.70. The molecule has 0 spiro atoms. The highest BCUT2D eigenvalue weighted by Crippen LogP contribution is 2.33. The zero-order valence-electron chi connectivity index (χ0n) is 13.9. The molecule has 0 aliphatic heterocycles. The average molecular weight is 327 g/mol. The van der Waals surface area contributed by atoms with Gasteiger partial charge in [0, 0.05) is 18.2 Å². The first kappa shape index (κ1) is 16.6. The van der Waals surface area contributed by atoms with Crippen LogP contribution in [0.3, 0.4) is 0 Å². The molecule has 1 heterocycles. The van der Waals surface area contributed by atoms with E-state index in [9.17, 15) is 9.18 Å². The molecule has 0 bridgehead atoms. The highest BCUT2D eigenvalue weighted by molar-refractivity contribution is 5.95. The Kier molecular flexibility index (Phi) is 5.24. The van der Waals surface area contributed by atoms with Crippen molar-refractivity contribution in [3.05, 3.63) is 53.5 Å². The van der Waals surface area contributed by atoms with Gasteiger partial charge >= 0.3 is 0 Å². The zero-order chi connectivity index (χ0) is 16.9. The molecule has 1 saturated carbocycles. The summed E-state index contributed by atoms with van der Waals surface area (Å²) in [5, 5.41) is 0. The first-order valence-corrected chi connectivity index (χ1v) is 8.64. The van der Waals surface area contributed by atoms with Crippen LogP contribution >= 0.6 is 0 Å². The topological polar surface area (TPSA) is 39.2 Å². The minimum absolute atomic E-state index is 0.104. The summed E-state index contributed by atoms with van der Waals surface area (Å²) in [4.78, 5) is 15.5. The lowest BCUT2D eigenvalue weighted by Gasteiger charge is -2.22. The number of rotatable bonds is 5. The molecule has 0 amide bonds. The van der Waals surface area contributed by atoms with Crippen LogP contribution in [0.1, 0.15) is 67.3 Å². The number of aromatic nitrogens is 1. The second-order valence-corrected chi connectivity index (χ2v) is 6.29. The Morgan fingerprint density at radius 1 is 1.21 bits per heavy atom. The van der Waals surface area contributed by atoms with Gasteiger partial charge in [0.1, 0.15) is 5.75 Å². The van der Waals surface area contributed by atoms with Gasteiger partial charge in [-0.25, -0.2) is 9.37 Å². The smallest absolute Gasteiger partial charge is 0.255 e. The van der Waals surface area contributed by atoms with Crippen LogP contribution in [0.25, 0.3) is 0 Å². The molecule has 1 aromatic carbocycles. The van der Waals surface area contributed by atoms with Gasteiger partial charge in [-0.1, -0.05) is 38.3 Å². The molecule has 0 unspecified atom stereocenters. The van der Waals surface area contributed by atoms with Crippen molar-refractivity contribution < 1.29 is 13.9 Å². The molecule has 0 radical (unpaired) electrons. The number of carbonyl (C=O) groups is 1. The molecule has 24 heavy (non-hydrogen) atoms. The number of carbonyl (C=O) groups excluding carboxylic acids is 1. The van der Waals surface area contributed by atoms with Crippen molar-refractivity contribution in [2.45, 2.75) is 51.4 Å². The zero-order valence-corrected chi connectivity index (χ0v) is 13.9. The summed E-state index contributed by atoms with van der Waals surface area (Å²) in [6.45, 7) is 1.73. The molecule has 1 aromatic heterocycles. The van der Waals surface area contributed by atoms with Crippen molar-refractivity contribution in [1.29, 1.82) is 0 Å². The number of ketones is 1. The minimum Gasteiger partial charge on any atom is -0.436 e. The average Bonchev–Trinajstić information content (AvgIpc) is 2.64. The van der Waals surface area contributed by atoms with E-state index in [0.29, 0.717) is 18.1 Å². The minimum atomic E-state index is -0.620. The molecule has 0 N–H and O–H groups in total. The maximum atomic E-state index is 14.1. The van der Waals surface area contributed by atoms with Crippen molar-refractivity contribution in [2.75, 3.05) is 0 Å². The quantitative estimate of drug-likeness (QED) is 0.666. The number of pyridine rings is 1. The number of benzene rings is 1. The van der Waals surface area contributed by atoms with Gasteiger partial charge in [0.05, 0.1) is 0 Å². The van der Waals surface area contributed by atoms with Crippen LogP contribution in [-0.4, -0.2) is 10.8 Å². The third-order valence-corrected chi connectivity index (χ3v) is 4.62. The summed E-state index contributed by atoms with van der Waals surface area (Å²) in [5.74, 6) is 0.320. The van der Waals surface area contributed by atoms with Gasteiger partial charge in [0.15, 0.2) is 11.6 Å². The molecule has 3 rings (SSSR count). The fourth-order valence-corrected chi connectivity index (χ4v) is 3.21. The predicted molar refractivity (Wildman–Crippen MR) is 91.2 cm³/mol. The standard InChI is InChI=1S/C20H22FNO2/c1-2-19(23)16-12-18(21)20(22-13-16)24-17-10-8-15(9-11-17)14-6-4-3-5-7-14/h8-14H,2-7H2,1H3. The third-order valence-electron chi connectivity index (χ3n) is 4.62. The molecule has 0 atom stereocenters. The van der Waals surface area contributed by atoms with E-state index in [-0.39, 0.29) is 17.2 Å². The number of Topliss-reactive ketones (excluding diaryl/α,β-unsaturated/α-hetero) is 1. The van der Waals surface area contributed by atoms with Gasteiger partial charge in [0.25, 0.3) is 5.88 Å². The summed E-state index contributed by atoms with van der Waals surface area (Å²) >= 11 is 0. The maximum Gasteiger partial charge on any atom is 0.255 e. The van der Waals surface area contributed by atoms with Crippen LogP contribution in [0.2, 0.25) is 0 Å². The van der Waals surface area contributed by atoms with Gasteiger partial charge in [-0.15, -0.1) is 0 Å². The van der Waals surface area contributed by atoms with E-state index in [1.807, 2.05) is 12.1 Å². The lowest BCUT2D eigenvalue weighted by molar-refractivity contribution is 0.0987. The van der Waals surface area contributed by atoms with Crippen molar-refractivity contribution in [1.82, 2.24) is 4.98 Å². The molecular weight excluding hydrogens is 305 g/mol.